The van der Waals surface area contributed by atoms with Crippen LogP contribution in [0, 0.1) is 17.8 Å². The zero-order valence-electron chi connectivity index (χ0n) is 12.5. The van der Waals surface area contributed by atoms with E-state index in [1.54, 1.807) is 0 Å². The third-order valence-corrected chi connectivity index (χ3v) is 3.45. The van der Waals surface area contributed by atoms with Crippen LogP contribution in [-0.2, 0) is 19.1 Å². The van der Waals surface area contributed by atoms with Gasteiger partial charge >= 0.3 is 11.9 Å². The van der Waals surface area contributed by atoms with E-state index in [4.69, 9.17) is 9.47 Å². The van der Waals surface area contributed by atoms with Crippen molar-refractivity contribution in [2.45, 2.75) is 52.7 Å². The van der Waals surface area contributed by atoms with Gasteiger partial charge in [-0.15, -0.1) is 0 Å². The Hall–Kier alpha value is -0.580. The van der Waals surface area contributed by atoms with Crippen LogP contribution in [0.1, 0.15) is 41.5 Å². The molecule has 0 N–H and O–H groups in total. The molecular weight excluding hydrogens is 312 g/mol. The molecular formula is C14H23BrO4. The monoisotopic (exact) mass is 334 g/mol. The summed E-state index contributed by atoms with van der Waals surface area (Å²) in [5.41, 5.74) is -1.07. The second-order valence-electron chi connectivity index (χ2n) is 6.94. The largest absolute Gasteiger partial charge is 0.460 e. The fourth-order valence-corrected chi connectivity index (χ4v) is 2.75. The topological polar surface area (TPSA) is 52.6 Å². The number of rotatable bonds is 3. The zero-order valence-corrected chi connectivity index (χ0v) is 14.0. The minimum absolute atomic E-state index is 0.0234. The van der Waals surface area contributed by atoms with Crippen LogP contribution in [0.25, 0.3) is 0 Å². The SMILES string of the molecule is CC(C)(C)OC(=O)[C@@H]1C(CBr)[C@H]1C(=O)OC(C)(C)C. The van der Waals surface area contributed by atoms with Crippen LogP contribution in [0.2, 0.25) is 0 Å². The number of carbonyl (C=O) groups is 2. The molecule has 1 rings (SSSR count). The Kier molecular flexibility index (Phi) is 4.71. The summed E-state index contributed by atoms with van der Waals surface area (Å²) in [6.07, 6.45) is 0. The first-order valence-electron chi connectivity index (χ1n) is 6.48. The predicted octanol–water partition coefficient (Wildman–Crippen LogP) is 2.93. The van der Waals surface area contributed by atoms with Crippen LogP contribution in [0.15, 0.2) is 0 Å². The van der Waals surface area contributed by atoms with E-state index >= 15 is 0 Å². The van der Waals surface area contributed by atoms with Gasteiger partial charge in [0.05, 0.1) is 11.8 Å². The van der Waals surface area contributed by atoms with Crippen LogP contribution < -0.4 is 0 Å². The van der Waals surface area contributed by atoms with Crippen LogP contribution >= 0.6 is 15.9 Å². The smallest absolute Gasteiger partial charge is 0.310 e. The van der Waals surface area contributed by atoms with Gasteiger partial charge in [0.15, 0.2) is 0 Å². The van der Waals surface area contributed by atoms with E-state index in [0.717, 1.165) is 0 Å². The maximum Gasteiger partial charge on any atom is 0.310 e. The molecule has 110 valence electrons. The molecule has 0 bridgehead atoms. The van der Waals surface area contributed by atoms with Gasteiger partial charge in [0.1, 0.15) is 11.2 Å². The molecule has 0 amide bonds. The summed E-state index contributed by atoms with van der Waals surface area (Å²) in [7, 11) is 0. The molecule has 0 aromatic heterocycles. The summed E-state index contributed by atoms with van der Waals surface area (Å²) in [6, 6.07) is 0. The van der Waals surface area contributed by atoms with E-state index in [0.29, 0.717) is 5.33 Å². The molecule has 0 aliphatic heterocycles. The molecule has 0 aromatic carbocycles. The van der Waals surface area contributed by atoms with E-state index in [1.807, 2.05) is 41.5 Å². The molecule has 1 aliphatic rings. The Labute approximate surface area is 123 Å². The number of halogens is 1. The number of alkyl halides is 1. The van der Waals surface area contributed by atoms with Crippen LogP contribution in [0.3, 0.4) is 0 Å². The molecule has 0 saturated heterocycles. The molecule has 0 aromatic rings. The second-order valence-corrected chi connectivity index (χ2v) is 7.58. The van der Waals surface area contributed by atoms with Crippen molar-refractivity contribution >= 4 is 27.9 Å². The highest BCUT2D eigenvalue weighted by molar-refractivity contribution is 9.09. The molecule has 0 unspecified atom stereocenters. The first-order chi connectivity index (χ1) is 8.46. The molecule has 4 nitrogen and oxygen atoms in total. The number of hydrogen-bond donors (Lipinski definition) is 0. The lowest BCUT2D eigenvalue weighted by atomic mass is 10.2. The van der Waals surface area contributed by atoms with Gasteiger partial charge in [-0.2, -0.15) is 0 Å². The summed E-state index contributed by atoms with van der Waals surface area (Å²) < 4.78 is 10.7. The highest BCUT2D eigenvalue weighted by Crippen LogP contribution is 2.49. The van der Waals surface area contributed by atoms with Gasteiger partial charge in [-0.1, -0.05) is 15.9 Å². The number of esters is 2. The van der Waals surface area contributed by atoms with E-state index in [1.165, 1.54) is 0 Å². The van der Waals surface area contributed by atoms with Gasteiger partial charge in [0, 0.05) is 5.33 Å². The van der Waals surface area contributed by atoms with Crippen molar-refractivity contribution in [2.75, 3.05) is 5.33 Å². The Balaban J connectivity index is 2.66. The van der Waals surface area contributed by atoms with Gasteiger partial charge < -0.3 is 9.47 Å². The quantitative estimate of drug-likeness (QED) is 0.588. The summed E-state index contributed by atoms with van der Waals surface area (Å²) in [5.74, 6) is -1.41. The second kappa shape index (κ2) is 5.43. The van der Waals surface area contributed by atoms with Crippen molar-refractivity contribution in [1.29, 1.82) is 0 Å². The first kappa shape index (κ1) is 16.5. The highest BCUT2D eigenvalue weighted by atomic mass is 79.9. The molecule has 0 heterocycles. The van der Waals surface area contributed by atoms with E-state index in [-0.39, 0.29) is 29.7 Å². The predicted molar refractivity (Wildman–Crippen MR) is 76.0 cm³/mol. The summed E-state index contributed by atoms with van der Waals surface area (Å²) in [6.45, 7) is 10.9. The van der Waals surface area contributed by atoms with Crippen molar-refractivity contribution in [1.82, 2.24) is 0 Å². The molecule has 1 aliphatic carbocycles. The van der Waals surface area contributed by atoms with Crippen molar-refractivity contribution < 1.29 is 19.1 Å². The lowest BCUT2D eigenvalue weighted by Crippen LogP contribution is -2.28. The maximum atomic E-state index is 12.0. The third kappa shape index (κ3) is 4.79. The molecule has 1 saturated carbocycles. The fraction of sp³-hybridized carbons (Fsp3) is 0.857. The van der Waals surface area contributed by atoms with E-state index in [2.05, 4.69) is 15.9 Å². The maximum absolute atomic E-state index is 12.0. The first-order valence-corrected chi connectivity index (χ1v) is 7.60. The Morgan fingerprint density at radius 3 is 1.42 bits per heavy atom. The molecule has 0 radical (unpaired) electrons. The standard InChI is InChI=1S/C14H23BrO4/c1-13(2,3)18-11(16)9-8(7-15)10(9)12(17)19-14(4,5)6/h8-10H,7H2,1-6H3/t9-,10-/m1/s1. The molecule has 1 fully saturated rings. The highest BCUT2D eigenvalue weighted by Gasteiger charge is 2.61. The van der Waals surface area contributed by atoms with E-state index in [9.17, 15) is 9.59 Å². The number of ether oxygens (including phenoxy) is 2. The average Bonchev–Trinajstić information content (AvgIpc) is 2.85. The lowest BCUT2D eigenvalue weighted by Gasteiger charge is -2.20. The Morgan fingerprint density at radius 2 is 1.21 bits per heavy atom. The van der Waals surface area contributed by atoms with Crippen LogP contribution in [0.5, 0.6) is 0 Å². The van der Waals surface area contributed by atoms with Crippen LogP contribution in [-0.4, -0.2) is 28.5 Å². The van der Waals surface area contributed by atoms with Gasteiger partial charge in [-0.25, -0.2) is 0 Å². The zero-order chi connectivity index (χ0) is 15.0. The normalized spacial score (nSPS) is 26.8. The Morgan fingerprint density at radius 1 is 0.895 bits per heavy atom. The summed E-state index contributed by atoms with van der Waals surface area (Å²) in [4.78, 5) is 24.0. The van der Waals surface area contributed by atoms with Crippen molar-refractivity contribution in [3.05, 3.63) is 0 Å². The fourth-order valence-electron chi connectivity index (χ4n) is 1.95. The molecule has 19 heavy (non-hydrogen) atoms. The lowest BCUT2D eigenvalue weighted by molar-refractivity contribution is -0.163. The molecule has 0 spiro atoms. The molecule has 5 heteroatoms. The third-order valence-electron chi connectivity index (χ3n) is 2.70. The van der Waals surface area contributed by atoms with Crippen molar-refractivity contribution in [3.63, 3.8) is 0 Å². The van der Waals surface area contributed by atoms with Crippen molar-refractivity contribution in [3.8, 4) is 0 Å². The summed E-state index contributed by atoms with van der Waals surface area (Å²) >= 11 is 3.34. The van der Waals surface area contributed by atoms with E-state index < -0.39 is 11.2 Å². The summed E-state index contributed by atoms with van der Waals surface area (Å²) in [5, 5.41) is 0.598. The molecule has 2 atom stereocenters. The van der Waals surface area contributed by atoms with Gasteiger partial charge in [0.2, 0.25) is 0 Å². The van der Waals surface area contributed by atoms with Gasteiger partial charge in [-0.05, 0) is 47.5 Å². The minimum atomic E-state index is -0.533. The van der Waals surface area contributed by atoms with Gasteiger partial charge in [0.25, 0.3) is 0 Å². The number of hydrogen-bond acceptors (Lipinski definition) is 4. The average molecular weight is 335 g/mol. The minimum Gasteiger partial charge on any atom is -0.460 e. The Bertz CT molecular complexity index is 331. The van der Waals surface area contributed by atoms with Crippen molar-refractivity contribution in [2.24, 2.45) is 17.8 Å². The number of carbonyl (C=O) groups excluding carboxylic acids is 2. The van der Waals surface area contributed by atoms with Gasteiger partial charge in [-0.3, -0.25) is 9.59 Å². The van der Waals surface area contributed by atoms with Crippen LogP contribution in [0.4, 0.5) is 0 Å².